The summed E-state index contributed by atoms with van der Waals surface area (Å²) in [6.45, 7) is 9.21. The van der Waals surface area contributed by atoms with Crippen molar-refractivity contribution in [3.05, 3.63) is 20.8 Å². The van der Waals surface area contributed by atoms with Gasteiger partial charge in [-0.25, -0.2) is 0 Å². The van der Waals surface area contributed by atoms with Crippen LogP contribution in [0.3, 0.4) is 0 Å². The zero-order valence-electron chi connectivity index (χ0n) is 14.0. The summed E-state index contributed by atoms with van der Waals surface area (Å²) in [5.74, 6) is 0.292. The lowest BCUT2D eigenvalue weighted by atomic mass is 10.2. The quantitative estimate of drug-likeness (QED) is 0.695. The van der Waals surface area contributed by atoms with Crippen LogP contribution in [0.4, 0.5) is 0 Å². The molecule has 0 aromatic carbocycles. The third-order valence-corrected chi connectivity index (χ3v) is 5.91. The summed E-state index contributed by atoms with van der Waals surface area (Å²) in [4.78, 5) is 20.5. The van der Waals surface area contributed by atoms with Crippen LogP contribution in [0.5, 0.6) is 0 Å². The van der Waals surface area contributed by atoms with Crippen LogP contribution >= 0.6 is 64.5 Å². The van der Waals surface area contributed by atoms with E-state index in [0.29, 0.717) is 12.5 Å². The maximum absolute atomic E-state index is 12.4. The van der Waals surface area contributed by atoms with Crippen molar-refractivity contribution >= 4 is 70.4 Å². The molecule has 1 amide bonds. The highest BCUT2D eigenvalue weighted by Crippen LogP contribution is 2.23. The van der Waals surface area contributed by atoms with Crippen LogP contribution in [0.2, 0.25) is 0 Å². The average Bonchev–Trinajstić information content (AvgIpc) is 2.94. The Morgan fingerprint density at radius 3 is 2.20 bits per heavy atom. The molecule has 2 saturated heterocycles. The summed E-state index contributed by atoms with van der Waals surface area (Å²) in [7, 11) is 0. The van der Waals surface area contributed by atoms with E-state index in [1.54, 1.807) is 11.3 Å². The molecule has 1 N–H and O–H groups in total. The third-order valence-electron chi connectivity index (χ3n) is 4.30. The number of thiophene rings is 1. The molecule has 1 aromatic rings. The van der Waals surface area contributed by atoms with Gasteiger partial charge < -0.3 is 10.2 Å². The van der Waals surface area contributed by atoms with Crippen molar-refractivity contribution in [1.82, 2.24) is 20.0 Å². The molecule has 0 bridgehead atoms. The van der Waals surface area contributed by atoms with Crippen molar-refractivity contribution in [2.75, 3.05) is 58.9 Å². The minimum Gasteiger partial charge on any atom is -0.339 e. The molecule has 0 aliphatic carbocycles. The molecule has 2 aliphatic heterocycles. The van der Waals surface area contributed by atoms with Gasteiger partial charge in [0.05, 0.1) is 10.3 Å². The number of carbonyl (C=O) groups excluding carboxylic acids is 1. The van der Waals surface area contributed by atoms with E-state index in [4.69, 9.17) is 0 Å². The van der Waals surface area contributed by atoms with Gasteiger partial charge in [0.1, 0.15) is 0 Å². The zero-order valence-corrected chi connectivity index (χ0v) is 18.8. The first-order valence-corrected chi connectivity index (χ1v) is 9.49. The lowest BCUT2D eigenvalue weighted by Crippen LogP contribution is -2.53. The van der Waals surface area contributed by atoms with Crippen molar-refractivity contribution in [2.24, 2.45) is 0 Å². The number of nitrogens with zero attached hydrogens (tertiary/aromatic N) is 3. The lowest BCUT2D eigenvalue weighted by Gasteiger charge is -2.36. The summed E-state index contributed by atoms with van der Waals surface area (Å²) in [6.07, 6.45) is 0. The van der Waals surface area contributed by atoms with E-state index in [1.165, 1.54) is 8.66 Å². The Bertz CT molecular complexity index is 509. The van der Waals surface area contributed by atoms with Gasteiger partial charge in [-0.1, -0.05) is 0 Å². The van der Waals surface area contributed by atoms with Gasteiger partial charge in [0.15, 0.2) is 0 Å². The predicted molar refractivity (Wildman–Crippen MR) is 115 cm³/mol. The fraction of sp³-hybridized carbons (Fsp3) is 0.667. The van der Waals surface area contributed by atoms with Crippen LogP contribution in [0.1, 0.15) is 4.88 Å². The SMILES string of the molecule is Cl.Cl.Cl.O=C(CN1CCNCC1)N1CCN(Cc2ccc(Br)s2)CC1. The molecule has 10 heteroatoms. The number of carbonyl (C=O) groups is 1. The van der Waals surface area contributed by atoms with Crippen LogP contribution in [-0.4, -0.2) is 79.5 Å². The molecule has 5 nitrogen and oxygen atoms in total. The van der Waals surface area contributed by atoms with E-state index >= 15 is 0 Å². The van der Waals surface area contributed by atoms with Gasteiger partial charge in [-0.3, -0.25) is 14.6 Å². The van der Waals surface area contributed by atoms with Crippen molar-refractivity contribution < 1.29 is 4.79 Å². The van der Waals surface area contributed by atoms with E-state index in [1.807, 2.05) is 4.90 Å². The molecule has 0 radical (unpaired) electrons. The zero-order chi connectivity index (χ0) is 15.4. The summed E-state index contributed by atoms with van der Waals surface area (Å²) in [6, 6.07) is 4.28. The molecule has 2 aliphatic rings. The Labute approximate surface area is 180 Å². The molecule has 0 unspecified atom stereocenters. The third kappa shape index (κ3) is 7.89. The number of amides is 1. The first kappa shape index (κ1) is 25.4. The first-order valence-electron chi connectivity index (χ1n) is 7.88. The number of hydrogen-bond acceptors (Lipinski definition) is 5. The Kier molecular flexibility index (Phi) is 12.9. The average molecular weight is 497 g/mol. The minimum atomic E-state index is 0. The molecule has 3 rings (SSSR count). The van der Waals surface area contributed by atoms with Crippen LogP contribution in [-0.2, 0) is 11.3 Å². The normalized spacial score (nSPS) is 18.7. The predicted octanol–water partition coefficient (Wildman–Crippen LogP) is 2.33. The number of hydrogen-bond donors (Lipinski definition) is 1. The van der Waals surface area contributed by atoms with Crippen molar-refractivity contribution in [2.45, 2.75) is 6.54 Å². The fourth-order valence-corrected chi connectivity index (χ4v) is 4.50. The molecule has 0 atom stereocenters. The van der Waals surface area contributed by atoms with E-state index in [2.05, 4.69) is 43.2 Å². The van der Waals surface area contributed by atoms with Gasteiger partial charge in [0.2, 0.25) is 5.91 Å². The van der Waals surface area contributed by atoms with Gasteiger partial charge >= 0.3 is 0 Å². The second-order valence-electron chi connectivity index (χ2n) is 5.89. The topological polar surface area (TPSA) is 38.8 Å². The number of piperazine rings is 2. The molecule has 0 saturated carbocycles. The van der Waals surface area contributed by atoms with E-state index < -0.39 is 0 Å². The van der Waals surface area contributed by atoms with Gasteiger partial charge in [-0.05, 0) is 28.1 Å². The smallest absolute Gasteiger partial charge is 0.236 e. The Balaban J connectivity index is 0.00000192. The highest BCUT2D eigenvalue weighted by Gasteiger charge is 2.23. The number of nitrogens with one attached hydrogen (secondary N) is 1. The summed E-state index contributed by atoms with van der Waals surface area (Å²) < 4.78 is 1.19. The second-order valence-corrected chi connectivity index (χ2v) is 8.44. The maximum Gasteiger partial charge on any atom is 0.236 e. The monoisotopic (exact) mass is 494 g/mol. The number of halogens is 4. The van der Waals surface area contributed by atoms with Crippen LogP contribution < -0.4 is 5.32 Å². The molecule has 3 heterocycles. The number of rotatable bonds is 4. The molecular weight excluding hydrogens is 471 g/mol. The van der Waals surface area contributed by atoms with Crippen molar-refractivity contribution in [1.29, 1.82) is 0 Å². The Hall–Kier alpha value is 0.400. The fourth-order valence-electron chi connectivity index (χ4n) is 2.97. The summed E-state index contributed by atoms with van der Waals surface area (Å²) in [5, 5.41) is 3.32. The summed E-state index contributed by atoms with van der Waals surface area (Å²) >= 11 is 5.30. The highest BCUT2D eigenvalue weighted by atomic mass is 79.9. The molecule has 146 valence electrons. The van der Waals surface area contributed by atoms with E-state index in [9.17, 15) is 4.79 Å². The van der Waals surface area contributed by atoms with Crippen LogP contribution in [0.25, 0.3) is 0 Å². The van der Waals surface area contributed by atoms with Crippen molar-refractivity contribution in [3.63, 3.8) is 0 Å². The molecule has 25 heavy (non-hydrogen) atoms. The minimum absolute atomic E-state index is 0. The van der Waals surface area contributed by atoms with Crippen LogP contribution in [0.15, 0.2) is 15.9 Å². The van der Waals surface area contributed by atoms with Crippen molar-refractivity contribution in [3.8, 4) is 0 Å². The van der Waals surface area contributed by atoms with Gasteiger partial charge in [0.25, 0.3) is 0 Å². The summed E-state index contributed by atoms with van der Waals surface area (Å²) in [5.41, 5.74) is 0. The second kappa shape index (κ2) is 12.7. The molecule has 0 spiro atoms. The first-order chi connectivity index (χ1) is 10.7. The van der Waals surface area contributed by atoms with Crippen LogP contribution in [0, 0.1) is 0 Å². The van der Waals surface area contributed by atoms with Gasteiger partial charge in [-0.2, -0.15) is 0 Å². The molecule has 2 fully saturated rings. The van der Waals surface area contributed by atoms with E-state index in [-0.39, 0.29) is 37.2 Å². The van der Waals surface area contributed by atoms with Gasteiger partial charge in [0, 0.05) is 63.8 Å². The highest BCUT2D eigenvalue weighted by molar-refractivity contribution is 9.11. The van der Waals surface area contributed by atoms with Gasteiger partial charge in [-0.15, -0.1) is 48.6 Å². The van der Waals surface area contributed by atoms with E-state index in [0.717, 1.165) is 58.9 Å². The molecular formula is C15H26BrCl3N4OS. The lowest BCUT2D eigenvalue weighted by molar-refractivity contribution is -0.134. The maximum atomic E-state index is 12.4. The standard InChI is InChI=1S/C15H23BrN4OS.3ClH/c16-14-2-1-13(22-14)11-19-7-9-20(10-8-19)15(21)12-18-5-3-17-4-6-18;;;/h1-2,17H,3-12H2;3*1H. The Morgan fingerprint density at radius 2 is 1.64 bits per heavy atom. The largest absolute Gasteiger partial charge is 0.339 e. The Morgan fingerprint density at radius 1 is 1.00 bits per heavy atom. The molecule has 1 aromatic heterocycles.